The van der Waals surface area contributed by atoms with Gasteiger partial charge in [0.05, 0.1) is 41.7 Å². The molecule has 0 aliphatic carbocycles. The van der Waals surface area contributed by atoms with Crippen LogP contribution in [0.1, 0.15) is 50.4 Å². The zero-order valence-corrected chi connectivity index (χ0v) is 26.8. The fourth-order valence-electron chi connectivity index (χ4n) is 5.35. The van der Waals surface area contributed by atoms with E-state index in [2.05, 4.69) is 4.99 Å². The Balaban J connectivity index is 1.33. The molecule has 2 aliphatic rings. The van der Waals surface area contributed by atoms with Crippen molar-refractivity contribution in [3.05, 3.63) is 108 Å². The van der Waals surface area contributed by atoms with E-state index in [-0.39, 0.29) is 19.0 Å². The molecule has 10 nitrogen and oxygen atoms in total. The number of rotatable bonds is 11. The van der Waals surface area contributed by atoms with Gasteiger partial charge in [0, 0.05) is 0 Å². The van der Waals surface area contributed by atoms with E-state index in [0.717, 1.165) is 16.9 Å². The Morgan fingerprint density at radius 3 is 2.46 bits per heavy atom. The van der Waals surface area contributed by atoms with Gasteiger partial charge in [-0.25, -0.2) is 9.79 Å². The largest absolute Gasteiger partial charge is 0.490 e. The van der Waals surface area contributed by atoms with Gasteiger partial charge in [-0.05, 0) is 86.9 Å². The average Bonchev–Trinajstić information content (AvgIpc) is 3.64. The maximum absolute atomic E-state index is 14.0. The second-order valence-electron chi connectivity index (χ2n) is 10.4. The number of fused-ring (bicyclic) bond motifs is 2. The minimum Gasteiger partial charge on any atom is -0.490 e. The number of aromatic nitrogens is 1. The van der Waals surface area contributed by atoms with E-state index in [1.165, 1.54) is 11.3 Å². The van der Waals surface area contributed by atoms with E-state index in [0.29, 0.717) is 69.0 Å². The van der Waals surface area contributed by atoms with Crippen LogP contribution in [0, 0.1) is 0 Å². The summed E-state index contributed by atoms with van der Waals surface area (Å²) in [5.74, 6) is 2.72. The molecule has 3 aromatic carbocycles. The number of nitrogens with zero attached hydrogens (tertiary/aromatic N) is 2. The summed E-state index contributed by atoms with van der Waals surface area (Å²) in [7, 11) is 0. The van der Waals surface area contributed by atoms with Gasteiger partial charge in [0.25, 0.3) is 5.56 Å². The quantitative estimate of drug-likeness (QED) is 0.213. The van der Waals surface area contributed by atoms with Gasteiger partial charge in [0.15, 0.2) is 27.8 Å². The summed E-state index contributed by atoms with van der Waals surface area (Å²) in [4.78, 5) is 32.5. The maximum Gasteiger partial charge on any atom is 0.338 e. The Kier molecular flexibility index (Phi) is 9.11. The van der Waals surface area contributed by atoms with Gasteiger partial charge in [-0.15, -0.1) is 0 Å². The second kappa shape index (κ2) is 13.5. The third-order valence-corrected chi connectivity index (χ3v) is 8.40. The number of carbonyl (C=O) groups is 1. The van der Waals surface area contributed by atoms with Crippen molar-refractivity contribution in [2.45, 2.75) is 40.3 Å². The fourth-order valence-corrected chi connectivity index (χ4v) is 6.40. The monoisotopic (exact) mass is 642 g/mol. The molecule has 3 heterocycles. The Labute approximate surface area is 269 Å². The molecule has 0 radical (unpaired) electrons. The molecule has 2 aliphatic heterocycles. The summed E-state index contributed by atoms with van der Waals surface area (Å²) in [6.07, 6.45) is 1.82. The first-order valence-electron chi connectivity index (χ1n) is 15.1. The SMILES string of the molecule is CCOC(=O)C1=C(C)N=c2s/c(=C\c3ccc(OCc4ccc5c(c4)OCO5)cc3)c(=O)n2[C@H]1c1ccc(OCC)c(OCC)c1. The molecule has 0 saturated heterocycles. The molecule has 0 N–H and O–H groups in total. The molecule has 0 unspecified atom stereocenters. The number of allylic oxidation sites excluding steroid dienone is 1. The molecule has 0 saturated carbocycles. The van der Waals surface area contributed by atoms with E-state index >= 15 is 0 Å². The van der Waals surface area contributed by atoms with Crippen LogP contribution in [0.15, 0.2) is 81.7 Å². The van der Waals surface area contributed by atoms with Gasteiger partial charge in [0.2, 0.25) is 6.79 Å². The molecule has 11 heteroatoms. The van der Waals surface area contributed by atoms with Gasteiger partial charge >= 0.3 is 5.97 Å². The lowest BCUT2D eigenvalue weighted by atomic mass is 9.95. The zero-order valence-electron chi connectivity index (χ0n) is 26.0. The molecule has 6 rings (SSSR count). The Hall–Kier alpha value is -5.03. The molecule has 0 spiro atoms. The second-order valence-corrected chi connectivity index (χ2v) is 11.4. The van der Waals surface area contributed by atoms with Crippen molar-refractivity contribution in [3.63, 3.8) is 0 Å². The summed E-state index contributed by atoms with van der Waals surface area (Å²) in [6, 6.07) is 17.9. The van der Waals surface area contributed by atoms with Crippen LogP contribution < -0.4 is 38.6 Å². The summed E-state index contributed by atoms with van der Waals surface area (Å²) in [5, 5.41) is 0. The van der Waals surface area contributed by atoms with Crippen LogP contribution in [0.4, 0.5) is 0 Å². The summed E-state index contributed by atoms with van der Waals surface area (Å²) in [6.45, 7) is 8.97. The van der Waals surface area contributed by atoms with Crippen LogP contribution in [-0.2, 0) is 16.1 Å². The third kappa shape index (κ3) is 6.23. The van der Waals surface area contributed by atoms with E-state index < -0.39 is 12.0 Å². The molecule has 4 aromatic rings. The van der Waals surface area contributed by atoms with Crippen molar-refractivity contribution in [2.75, 3.05) is 26.6 Å². The van der Waals surface area contributed by atoms with Gasteiger partial charge in [0.1, 0.15) is 12.4 Å². The van der Waals surface area contributed by atoms with E-state index in [9.17, 15) is 9.59 Å². The lowest BCUT2D eigenvalue weighted by Crippen LogP contribution is -2.40. The average molecular weight is 643 g/mol. The summed E-state index contributed by atoms with van der Waals surface area (Å²) < 4.78 is 35.9. The Morgan fingerprint density at radius 2 is 1.70 bits per heavy atom. The topological polar surface area (TPSA) is 107 Å². The summed E-state index contributed by atoms with van der Waals surface area (Å²) in [5.41, 5.74) is 2.99. The molecule has 46 heavy (non-hydrogen) atoms. The van der Waals surface area contributed by atoms with Crippen LogP contribution in [0.3, 0.4) is 0 Å². The summed E-state index contributed by atoms with van der Waals surface area (Å²) >= 11 is 1.27. The van der Waals surface area contributed by atoms with Crippen LogP contribution in [-0.4, -0.2) is 37.1 Å². The van der Waals surface area contributed by atoms with Gasteiger partial charge in [-0.3, -0.25) is 9.36 Å². The number of hydrogen-bond acceptors (Lipinski definition) is 10. The van der Waals surface area contributed by atoms with Crippen LogP contribution in [0.2, 0.25) is 0 Å². The molecule has 0 amide bonds. The number of benzene rings is 3. The van der Waals surface area contributed by atoms with Gasteiger partial charge in [-0.2, -0.15) is 0 Å². The van der Waals surface area contributed by atoms with Gasteiger partial charge < -0.3 is 28.4 Å². The highest BCUT2D eigenvalue weighted by atomic mass is 32.1. The molecule has 1 atom stereocenters. The molecular formula is C35H34N2O8S. The van der Waals surface area contributed by atoms with Crippen LogP contribution in [0.25, 0.3) is 6.08 Å². The highest BCUT2D eigenvalue weighted by Crippen LogP contribution is 2.36. The van der Waals surface area contributed by atoms with Crippen molar-refractivity contribution in [2.24, 2.45) is 4.99 Å². The lowest BCUT2D eigenvalue weighted by Gasteiger charge is -2.25. The highest BCUT2D eigenvalue weighted by Gasteiger charge is 2.34. The Morgan fingerprint density at radius 1 is 0.935 bits per heavy atom. The first-order valence-corrected chi connectivity index (χ1v) is 15.9. The van der Waals surface area contributed by atoms with Gasteiger partial charge in [-0.1, -0.05) is 35.6 Å². The lowest BCUT2D eigenvalue weighted by molar-refractivity contribution is -0.139. The van der Waals surface area contributed by atoms with Crippen molar-refractivity contribution >= 4 is 23.4 Å². The molecule has 0 bridgehead atoms. The first-order chi connectivity index (χ1) is 22.4. The molecule has 0 fully saturated rings. The zero-order chi connectivity index (χ0) is 32.2. The fraction of sp³-hybridized carbons (Fsp3) is 0.286. The first kappa shape index (κ1) is 31.0. The van der Waals surface area contributed by atoms with Crippen molar-refractivity contribution < 1.29 is 33.2 Å². The van der Waals surface area contributed by atoms with E-state index in [1.807, 2.05) is 74.5 Å². The number of carbonyl (C=O) groups excluding carboxylic acids is 1. The van der Waals surface area contributed by atoms with Crippen LogP contribution >= 0.6 is 11.3 Å². The highest BCUT2D eigenvalue weighted by molar-refractivity contribution is 7.07. The predicted molar refractivity (Wildman–Crippen MR) is 173 cm³/mol. The number of ether oxygens (including phenoxy) is 6. The van der Waals surface area contributed by atoms with Crippen molar-refractivity contribution in [1.82, 2.24) is 4.57 Å². The van der Waals surface area contributed by atoms with Crippen molar-refractivity contribution in [3.8, 4) is 28.7 Å². The Bertz CT molecular complexity index is 1980. The molecule has 1 aromatic heterocycles. The number of esters is 1. The van der Waals surface area contributed by atoms with E-state index in [1.54, 1.807) is 24.5 Å². The normalized spacial score (nSPS) is 15.3. The minimum atomic E-state index is -0.765. The maximum atomic E-state index is 14.0. The number of hydrogen-bond donors (Lipinski definition) is 0. The minimum absolute atomic E-state index is 0.191. The smallest absolute Gasteiger partial charge is 0.338 e. The molecule has 238 valence electrons. The number of thiazole rings is 1. The van der Waals surface area contributed by atoms with Crippen LogP contribution in [0.5, 0.6) is 28.7 Å². The van der Waals surface area contributed by atoms with Crippen molar-refractivity contribution in [1.29, 1.82) is 0 Å². The molecular weight excluding hydrogens is 608 g/mol. The third-order valence-electron chi connectivity index (χ3n) is 7.42. The van der Waals surface area contributed by atoms with E-state index in [4.69, 9.17) is 28.4 Å². The standard InChI is InChI=1S/C35H34N2O8S/c1-5-40-26-15-11-24(18-29(26)41-6-2)32-31(34(39)42-7-3)21(4)36-35-37(32)33(38)30(46-35)17-22-8-12-25(13-9-22)43-19-23-10-14-27-28(16-23)45-20-44-27/h8-18,32H,5-7,19-20H2,1-4H3/b30-17-/t32-/m0/s1. The predicted octanol–water partition coefficient (Wildman–Crippen LogP) is 4.90.